The van der Waals surface area contributed by atoms with E-state index in [1.54, 1.807) is 7.11 Å². The van der Waals surface area contributed by atoms with E-state index in [1.807, 2.05) is 12.1 Å². The highest BCUT2D eigenvalue weighted by Crippen LogP contribution is 2.38. The lowest BCUT2D eigenvalue weighted by molar-refractivity contribution is -0.119. The molecule has 3 rings (SSSR count). The monoisotopic (exact) mass is 289 g/mol. The summed E-state index contributed by atoms with van der Waals surface area (Å²) < 4.78 is 11.6. The first-order valence-electron chi connectivity index (χ1n) is 7.73. The Bertz CT molecular complexity index is 537. The number of benzene rings is 1. The second-order valence-corrected chi connectivity index (χ2v) is 6.40. The van der Waals surface area contributed by atoms with Crippen molar-refractivity contribution in [1.29, 1.82) is 0 Å². The number of carbonyl (C=O) groups excluding carboxylic acids is 1. The summed E-state index contributed by atoms with van der Waals surface area (Å²) in [5, 5.41) is 2.92. The predicted octanol–water partition coefficient (Wildman–Crippen LogP) is 2.79. The molecule has 0 bridgehead atoms. The number of hydrogen-bond acceptors (Lipinski definition) is 3. The molecule has 4 heteroatoms. The summed E-state index contributed by atoms with van der Waals surface area (Å²) in [6, 6.07) is 6.05. The van der Waals surface area contributed by atoms with Gasteiger partial charge in [0.05, 0.1) is 13.2 Å². The summed E-state index contributed by atoms with van der Waals surface area (Å²) in [5.41, 5.74) is 0.978. The van der Waals surface area contributed by atoms with Crippen molar-refractivity contribution in [3.05, 3.63) is 23.8 Å². The minimum Gasteiger partial charge on any atom is -0.493 e. The van der Waals surface area contributed by atoms with Crippen molar-refractivity contribution in [1.82, 2.24) is 5.32 Å². The Hall–Kier alpha value is -1.71. The van der Waals surface area contributed by atoms with Crippen LogP contribution in [0.4, 0.5) is 0 Å². The third kappa shape index (κ3) is 2.85. The van der Waals surface area contributed by atoms with Gasteiger partial charge in [-0.3, -0.25) is 4.79 Å². The van der Waals surface area contributed by atoms with E-state index < -0.39 is 0 Å². The topological polar surface area (TPSA) is 47.6 Å². The van der Waals surface area contributed by atoms with Crippen molar-refractivity contribution >= 4 is 5.91 Å². The minimum atomic E-state index is -0.156. The lowest BCUT2D eigenvalue weighted by Gasteiger charge is -2.24. The molecule has 2 aliphatic rings. The van der Waals surface area contributed by atoms with Crippen molar-refractivity contribution in [3.8, 4) is 11.5 Å². The first-order valence-corrected chi connectivity index (χ1v) is 7.73. The maximum absolute atomic E-state index is 11.6. The van der Waals surface area contributed by atoms with Crippen molar-refractivity contribution in [2.45, 2.75) is 50.5 Å². The molecule has 1 N–H and O–H groups in total. The van der Waals surface area contributed by atoms with Gasteiger partial charge in [0, 0.05) is 18.4 Å². The van der Waals surface area contributed by atoms with E-state index in [0.717, 1.165) is 29.9 Å². The molecule has 1 heterocycles. The maximum atomic E-state index is 11.6. The molecular weight excluding hydrogens is 266 g/mol. The van der Waals surface area contributed by atoms with Gasteiger partial charge in [0.25, 0.3) is 0 Å². The Kier molecular flexibility index (Phi) is 3.79. The van der Waals surface area contributed by atoms with Crippen molar-refractivity contribution in [2.24, 2.45) is 0 Å². The van der Waals surface area contributed by atoms with E-state index in [-0.39, 0.29) is 11.3 Å². The second kappa shape index (κ2) is 5.58. The fourth-order valence-corrected chi connectivity index (χ4v) is 3.31. The van der Waals surface area contributed by atoms with Crippen molar-refractivity contribution in [3.63, 3.8) is 0 Å². The first kappa shape index (κ1) is 14.2. The fraction of sp³-hybridized carbons (Fsp3) is 0.588. The van der Waals surface area contributed by atoms with Crippen LogP contribution in [0.25, 0.3) is 0 Å². The van der Waals surface area contributed by atoms with Gasteiger partial charge in [-0.25, -0.2) is 0 Å². The van der Waals surface area contributed by atoms with Gasteiger partial charge >= 0.3 is 0 Å². The maximum Gasteiger partial charge on any atom is 0.220 e. The van der Waals surface area contributed by atoms with E-state index >= 15 is 0 Å². The molecule has 2 fully saturated rings. The number of nitrogens with one attached hydrogen (secondary N) is 1. The molecule has 4 nitrogen and oxygen atoms in total. The molecule has 1 saturated heterocycles. The van der Waals surface area contributed by atoms with E-state index in [2.05, 4.69) is 18.3 Å². The van der Waals surface area contributed by atoms with E-state index in [0.29, 0.717) is 19.1 Å². The largest absolute Gasteiger partial charge is 0.493 e. The molecule has 114 valence electrons. The van der Waals surface area contributed by atoms with E-state index in [4.69, 9.17) is 9.47 Å². The van der Waals surface area contributed by atoms with Crippen LogP contribution in [0.2, 0.25) is 0 Å². The van der Waals surface area contributed by atoms with Gasteiger partial charge in [0.1, 0.15) is 0 Å². The Morgan fingerprint density at radius 1 is 1.24 bits per heavy atom. The Morgan fingerprint density at radius 2 is 2.00 bits per heavy atom. The van der Waals surface area contributed by atoms with Crippen LogP contribution < -0.4 is 14.8 Å². The van der Waals surface area contributed by atoms with Crippen molar-refractivity contribution in [2.75, 3.05) is 13.7 Å². The number of amides is 1. The molecule has 0 spiro atoms. The number of methoxy groups -OCH3 is 1. The van der Waals surface area contributed by atoms with Gasteiger partial charge in [-0.05, 0) is 43.4 Å². The van der Waals surface area contributed by atoms with Crippen LogP contribution >= 0.6 is 0 Å². The lowest BCUT2D eigenvalue weighted by Crippen LogP contribution is -2.25. The third-order valence-corrected chi connectivity index (χ3v) is 4.68. The van der Waals surface area contributed by atoms with Crippen LogP contribution in [0.5, 0.6) is 11.5 Å². The molecule has 1 aliphatic heterocycles. The quantitative estimate of drug-likeness (QED) is 0.927. The van der Waals surface area contributed by atoms with Gasteiger partial charge < -0.3 is 14.8 Å². The van der Waals surface area contributed by atoms with Gasteiger partial charge in [0.2, 0.25) is 5.91 Å². The average Bonchev–Trinajstić information content (AvgIpc) is 3.09. The molecule has 1 saturated carbocycles. The van der Waals surface area contributed by atoms with Gasteiger partial charge in [-0.2, -0.15) is 0 Å². The molecular formula is C17H23NO3. The molecule has 1 aliphatic carbocycles. The SMILES string of the molecule is COc1ccc(C2(C)CNC(=O)C2)cc1OC1CCCC1. The highest BCUT2D eigenvalue weighted by molar-refractivity contribution is 5.80. The normalized spacial score (nSPS) is 25.9. The summed E-state index contributed by atoms with van der Waals surface area (Å²) in [6.45, 7) is 2.80. The smallest absolute Gasteiger partial charge is 0.220 e. The van der Waals surface area contributed by atoms with E-state index in [1.165, 1.54) is 12.8 Å². The molecule has 1 atom stereocenters. The van der Waals surface area contributed by atoms with E-state index in [9.17, 15) is 4.79 Å². The summed E-state index contributed by atoms with van der Waals surface area (Å²) in [4.78, 5) is 11.6. The van der Waals surface area contributed by atoms with Gasteiger partial charge in [-0.15, -0.1) is 0 Å². The molecule has 0 aromatic heterocycles. The molecule has 0 radical (unpaired) electrons. The Morgan fingerprint density at radius 3 is 2.62 bits per heavy atom. The summed E-state index contributed by atoms with van der Waals surface area (Å²) >= 11 is 0. The highest BCUT2D eigenvalue weighted by atomic mass is 16.5. The Labute approximate surface area is 125 Å². The minimum absolute atomic E-state index is 0.117. The predicted molar refractivity (Wildman–Crippen MR) is 80.9 cm³/mol. The average molecular weight is 289 g/mol. The molecule has 21 heavy (non-hydrogen) atoms. The first-order chi connectivity index (χ1) is 10.1. The molecule has 1 aromatic carbocycles. The number of hydrogen-bond donors (Lipinski definition) is 1. The molecule has 1 unspecified atom stereocenters. The Balaban J connectivity index is 1.87. The van der Waals surface area contributed by atoms with Crippen LogP contribution in [0.3, 0.4) is 0 Å². The van der Waals surface area contributed by atoms with Crippen LogP contribution in [0.15, 0.2) is 18.2 Å². The van der Waals surface area contributed by atoms with Crippen LogP contribution in [-0.4, -0.2) is 25.7 Å². The zero-order chi connectivity index (χ0) is 14.9. The van der Waals surface area contributed by atoms with Crippen LogP contribution in [0.1, 0.15) is 44.6 Å². The van der Waals surface area contributed by atoms with Crippen molar-refractivity contribution < 1.29 is 14.3 Å². The lowest BCUT2D eigenvalue weighted by atomic mass is 9.81. The summed E-state index contributed by atoms with van der Waals surface area (Å²) in [5.74, 6) is 1.69. The van der Waals surface area contributed by atoms with Crippen LogP contribution in [-0.2, 0) is 10.2 Å². The van der Waals surface area contributed by atoms with Gasteiger partial charge in [0.15, 0.2) is 11.5 Å². The third-order valence-electron chi connectivity index (χ3n) is 4.68. The fourth-order valence-electron chi connectivity index (χ4n) is 3.31. The summed E-state index contributed by atoms with van der Waals surface area (Å²) in [7, 11) is 1.67. The second-order valence-electron chi connectivity index (χ2n) is 6.40. The molecule has 1 amide bonds. The number of rotatable bonds is 4. The standard InChI is InChI=1S/C17H23NO3/c1-17(10-16(19)18-11-17)12-7-8-14(20-2)15(9-12)21-13-5-3-4-6-13/h7-9,13H,3-6,10-11H2,1-2H3,(H,18,19). The highest BCUT2D eigenvalue weighted by Gasteiger charge is 2.36. The number of ether oxygens (including phenoxy) is 2. The zero-order valence-corrected chi connectivity index (χ0v) is 12.8. The zero-order valence-electron chi connectivity index (χ0n) is 12.8. The van der Waals surface area contributed by atoms with Gasteiger partial charge in [-0.1, -0.05) is 13.0 Å². The summed E-state index contributed by atoms with van der Waals surface area (Å²) in [6.07, 6.45) is 5.54. The van der Waals surface area contributed by atoms with Crippen LogP contribution in [0, 0.1) is 0 Å². The molecule has 1 aromatic rings. The number of carbonyl (C=O) groups is 1.